The lowest BCUT2D eigenvalue weighted by atomic mass is 10.0. The number of hydrogen-bond acceptors (Lipinski definition) is 5. The summed E-state index contributed by atoms with van der Waals surface area (Å²) in [4.78, 5) is 4.00. The highest BCUT2D eigenvalue weighted by Gasteiger charge is 2.17. The minimum Gasteiger partial charge on any atom is -0.365 e. The molecule has 0 amide bonds. The molecule has 0 bridgehead atoms. The molecular weight excluding hydrogens is 240 g/mol. The van der Waals surface area contributed by atoms with Crippen molar-refractivity contribution in [1.29, 1.82) is 0 Å². The Bertz CT molecular complexity index is 468. The van der Waals surface area contributed by atoms with Gasteiger partial charge in [0, 0.05) is 11.7 Å². The number of anilines is 1. The van der Waals surface area contributed by atoms with Gasteiger partial charge in [0.05, 0.1) is 0 Å². The SMILES string of the molecule is CC(C)(CCN)Nc1ccc(S(N)(=O)=O)cn1. The summed E-state index contributed by atoms with van der Waals surface area (Å²) < 4.78 is 22.1. The minimum atomic E-state index is -3.68. The van der Waals surface area contributed by atoms with E-state index in [9.17, 15) is 8.42 Å². The molecule has 1 heterocycles. The predicted molar refractivity (Wildman–Crippen MR) is 67.0 cm³/mol. The number of pyridine rings is 1. The summed E-state index contributed by atoms with van der Waals surface area (Å²) in [6.45, 7) is 4.56. The van der Waals surface area contributed by atoms with Crippen LogP contribution in [-0.2, 0) is 10.0 Å². The van der Waals surface area contributed by atoms with Gasteiger partial charge in [-0.05, 0) is 38.9 Å². The predicted octanol–water partition coefficient (Wildman–Crippen LogP) is 0.268. The summed E-state index contributed by atoms with van der Waals surface area (Å²) in [5.74, 6) is 0.593. The maximum absolute atomic E-state index is 11.0. The maximum atomic E-state index is 11.0. The number of nitrogens with zero attached hydrogens (tertiary/aromatic N) is 1. The number of aromatic nitrogens is 1. The largest absolute Gasteiger partial charge is 0.365 e. The van der Waals surface area contributed by atoms with Crippen LogP contribution in [0.15, 0.2) is 23.2 Å². The van der Waals surface area contributed by atoms with E-state index in [-0.39, 0.29) is 10.4 Å². The number of hydrogen-bond donors (Lipinski definition) is 3. The van der Waals surface area contributed by atoms with Crippen LogP contribution in [-0.4, -0.2) is 25.5 Å². The first-order valence-corrected chi connectivity index (χ1v) is 6.76. The van der Waals surface area contributed by atoms with E-state index in [0.717, 1.165) is 6.42 Å². The molecule has 6 nitrogen and oxygen atoms in total. The van der Waals surface area contributed by atoms with Gasteiger partial charge in [0.2, 0.25) is 10.0 Å². The van der Waals surface area contributed by atoms with Crippen molar-refractivity contribution < 1.29 is 8.42 Å². The van der Waals surface area contributed by atoms with Crippen molar-refractivity contribution in [3.05, 3.63) is 18.3 Å². The van der Waals surface area contributed by atoms with Gasteiger partial charge in [-0.3, -0.25) is 0 Å². The molecule has 5 N–H and O–H groups in total. The van der Waals surface area contributed by atoms with E-state index in [0.29, 0.717) is 12.4 Å². The van der Waals surface area contributed by atoms with Gasteiger partial charge in [-0.2, -0.15) is 0 Å². The van der Waals surface area contributed by atoms with Crippen LogP contribution >= 0.6 is 0 Å². The Morgan fingerprint density at radius 2 is 2.06 bits per heavy atom. The Labute approximate surface area is 101 Å². The molecule has 0 aliphatic heterocycles. The van der Waals surface area contributed by atoms with Crippen molar-refractivity contribution in [3.8, 4) is 0 Å². The third-order valence-electron chi connectivity index (χ3n) is 2.30. The standard InChI is InChI=1S/C10H18N4O2S/c1-10(2,5-6-11)14-9-4-3-8(7-13-9)17(12,15)16/h3-4,7H,5-6,11H2,1-2H3,(H,13,14)(H2,12,15,16). The van der Waals surface area contributed by atoms with Crippen LogP contribution in [0.3, 0.4) is 0 Å². The highest BCUT2D eigenvalue weighted by atomic mass is 32.2. The Balaban J connectivity index is 2.82. The fourth-order valence-corrected chi connectivity index (χ4v) is 1.85. The molecule has 1 rings (SSSR count). The van der Waals surface area contributed by atoms with Crippen LogP contribution in [0, 0.1) is 0 Å². The number of primary sulfonamides is 1. The topological polar surface area (TPSA) is 111 Å². The average Bonchev–Trinajstić information content (AvgIpc) is 2.16. The van der Waals surface area contributed by atoms with E-state index >= 15 is 0 Å². The van der Waals surface area contributed by atoms with Gasteiger partial charge >= 0.3 is 0 Å². The lowest BCUT2D eigenvalue weighted by Gasteiger charge is -2.26. The van der Waals surface area contributed by atoms with E-state index in [1.807, 2.05) is 13.8 Å². The highest BCUT2D eigenvalue weighted by Crippen LogP contribution is 2.16. The van der Waals surface area contributed by atoms with Crippen LogP contribution < -0.4 is 16.2 Å². The molecule has 7 heteroatoms. The van der Waals surface area contributed by atoms with Crippen molar-refractivity contribution in [2.24, 2.45) is 10.9 Å². The van der Waals surface area contributed by atoms with Crippen molar-refractivity contribution in [1.82, 2.24) is 4.98 Å². The molecule has 96 valence electrons. The molecule has 17 heavy (non-hydrogen) atoms. The van der Waals surface area contributed by atoms with Gasteiger partial charge in [0.15, 0.2) is 0 Å². The summed E-state index contributed by atoms with van der Waals surface area (Å²) >= 11 is 0. The van der Waals surface area contributed by atoms with E-state index in [1.165, 1.54) is 12.3 Å². The average molecular weight is 258 g/mol. The zero-order valence-corrected chi connectivity index (χ0v) is 10.8. The van der Waals surface area contributed by atoms with Crippen molar-refractivity contribution >= 4 is 15.8 Å². The molecule has 0 unspecified atom stereocenters. The maximum Gasteiger partial charge on any atom is 0.239 e. The zero-order valence-electron chi connectivity index (χ0n) is 9.97. The Morgan fingerprint density at radius 1 is 1.41 bits per heavy atom. The zero-order chi connectivity index (χ0) is 13.1. The minimum absolute atomic E-state index is 0.000295. The first-order valence-electron chi connectivity index (χ1n) is 5.22. The monoisotopic (exact) mass is 258 g/mol. The summed E-state index contributed by atoms with van der Waals surface area (Å²) in [6, 6.07) is 3.00. The van der Waals surface area contributed by atoms with E-state index in [2.05, 4.69) is 10.3 Å². The first-order chi connectivity index (χ1) is 7.74. The van der Waals surface area contributed by atoms with Crippen molar-refractivity contribution in [2.75, 3.05) is 11.9 Å². The lowest BCUT2D eigenvalue weighted by Crippen LogP contribution is -2.33. The third kappa shape index (κ3) is 4.29. The van der Waals surface area contributed by atoms with Gasteiger partial charge in [0.1, 0.15) is 10.7 Å². The number of rotatable bonds is 5. The third-order valence-corrected chi connectivity index (χ3v) is 3.20. The molecule has 1 aromatic heterocycles. The fourth-order valence-electron chi connectivity index (χ4n) is 1.39. The van der Waals surface area contributed by atoms with Gasteiger partial charge in [-0.1, -0.05) is 0 Å². The normalized spacial score (nSPS) is 12.5. The molecular formula is C10H18N4O2S. The second-order valence-electron chi connectivity index (χ2n) is 4.47. The van der Waals surface area contributed by atoms with Crippen LogP contribution in [0.2, 0.25) is 0 Å². The van der Waals surface area contributed by atoms with E-state index in [4.69, 9.17) is 10.9 Å². The molecule has 0 atom stereocenters. The second kappa shape index (κ2) is 4.99. The molecule has 0 aromatic carbocycles. The number of nitrogens with one attached hydrogen (secondary N) is 1. The van der Waals surface area contributed by atoms with Crippen LogP contribution in [0.25, 0.3) is 0 Å². The van der Waals surface area contributed by atoms with Gasteiger partial charge in [0.25, 0.3) is 0 Å². The molecule has 0 aliphatic rings. The van der Waals surface area contributed by atoms with Crippen LogP contribution in [0.5, 0.6) is 0 Å². The Hall–Kier alpha value is -1.18. The molecule has 1 aromatic rings. The first kappa shape index (κ1) is 13.9. The number of nitrogens with two attached hydrogens (primary N) is 2. The fraction of sp³-hybridized carbons (Fsp3) is 0.500. The Morgan fingerprint density at radius 3 is 2.47 bits per heavy atom. The van der Waals surface area contributed by atoms with E-state index < -0.39 is 10.0 Å². The van der Waals surface area contributed by atoms with Crippen LogP contribution in [0.1, 0.15) is 20.3 Å². The summed E-state index contributed by atoms with van der Waals surface area (Å²) in [5, 5.41) is 8.15. The Kier molecular flexibility index (Phi) is 4.07. The summed E-state index contributed by atoms with van der Waals surface area (Å²) in [7, 11) is -3.68. The van der Waals surface area contributed by atoms with Gasteiger partial charge in [-0.25, -0.2) is 18.5 Å². The summed E-state index contributed by atoms with van der Waals surface area (Å²) in [5.41, 5.74) is 5.30. The highest BCUT2D eigenvalue weighted by molar-refractivity contribution is 7.89. The van der Waals surface area contributed by atoms with Gasteiger partial charge < -0.3 is 11.1 Å². The lowest BCUT2D eigenvalue weighted by molar-refractivity contribution is 0.524. The molecule has 0 saturated heterocycles. The van der Waals surface area contributed by atoms with Crippen molar-refractivity contribution in [3.63, 3.8) is 0 Å². The second-order valence-corrected chi connectivity index (χ2v) is 6.03. The quantitative estimate of drug-likeness (QED) is 0.702. The van der Waals surface area contributed by atoms with Crippen LogP contribution in [0.4, 0.5) is 5.82 Å². The molecule has 0 radical (unpaired) electrons. The molecule has 0 fully saturated rings. The summed E-state index contributed by atoms with van der Waals surface area (Å²) in [6.07, 6.45) is 2.02. The van der Waals surface area contributed by atoms with Gasteiger partial charge in [-0.15, -0.1) is 0 Å². The molecule has 0 saturated carbocycles. The smallest absolute Gasteiger partial charge is 0.239 e. The number of sulfonamides is 1. The molecule has 0 spiro atoms. The molecule has 0 aliphatic carbocycles. The van der Waals surface area contributed by atoms with Crippen molar-refractivity contribution in [2.45, 2.75) is 30.7 Å². The van der Waals surface area contributed by atoms with E-state index in [1.54, 1.807) is 6.07 Å².